The van der Waals surface area contributed by atoms with Crippen LogP contribution < -0.4 is 5.32 Å². The lowest BCUT2D eigenvalue weighted by molar-refractivity contribution is 0.0674. The summed E-state index contributed by atoms with van der Waals surface area (Å²) >= 11 is 0. The van der Waals surface area contributed by atoms with Crippen molar-refractivity contribution in [2.24, 2.45) is 0 Å². The van der Waals surface area contributed by atoms with Crippen LogP contribution in [-0.2, 0) is 0 Å². The minimum Gasteiger partial charge on any atom is -0.390 e. The molecule has 136 valence electrons. The second kappa shape index (κ2) is 8.59. The van der Waals surface area contributed by atoms with Crippen molar-refractivity contribution in [3.63, 3.8) is 0 Å². The van der Waals surface area contributed by atoms with E-state index in [2.05, 4.69) is 16.4 Å². The van der Waals surface area contributed by atoms with Crippen LogP contribution >= 0.6 is 0 Å². The fourth-order valence-electron chi connectivity index (χ4n) is 2.70. The Kier molecular flexibility index (Phi) is 6.48. The van der Waals surface area contributed by atoms with Crippen LogP contribution in [0.4, 0.5) is 0 Å². The highest BCUT2D eigenvalue weighted by Crippen LogP contribution is 2.19. The maximum Gasteiger partial charge on any atom is 0.251 e. The fourth-order valence-corrected chi connectivity index (χ4v) is 2.70. The molecule has 5 heteroatoms. The molecule has 1 amide bonds. The monoisotopic (exact) mass is 351 g/mol. The van der Waals surface area contributed by atoms with E-state index in [1.54, 1.807) is 44.3 Å². The zero-order valence-corrected chi connectivity index (χ0v) is 15.5. The minimum atomic E-state index is -0.678. The second-order valence-corrected chi connectivity index (χ2v) is 7.20. The highest BCUT2D eigenvalue weighted by atomic mass is 16.3. The summed E-state index contributed by atoms with van der Waals surface area (Å²) in [5.41, 5.74) is 1.87. The molecule has 0 fully saturated rings. The van der Waals surface area contributed by atoms with E-state index in [1.165, 1.54) is 0 Å². The van der Waals surface area contributed by atoms with Crippen LogP contribution in [-0.4, -0.2) is 27.6 Å². The molecular weight excluding hydrogens is 326 g/mol. The lowest BCUT2D eigenvalue weighted by Crippen LogP contribution is -2.33. The summed E-state index contributed by atoms with van der Waals surface area (Å²) in [7, 11) is 0. The molecule has 0 saturated heterocycles. The summed E-state index contributed by atoms with van der Waals surface area (Å²) in [6.07, 6.45) is 3.94. The van der Waals surface area contributed by atoms with E-state index in [9.17, 15) is 9.90 Å². The van der Waals surface area contributed by atoms with Crippen molar-refractivity contribution in [2.45, 2.75) is 51.7 Å². The summed E-state index contributed by atoms with van der Waals surface area (Å²) < 4.78 is 0. The third-order valence-corrected chi connectivity index (χ3v) is 4.11. The Bertz CT molecular complexity index is 803. The van der Waals surface area contributed by atoms with Crippen LogP contribution in [0.2, 0.25) is 0 Å². The molecule has 1 atom stereocenters. The van der Waals surface area contributed by atoms with Crippen molar-refractivity contribution >= 4 is 5.91 Å². The number of hydrogen-bond donors (Lipinski definition) is 2. The average molecular weight is 351 g/mol. The first kappa shape index (κ1) is 19.6. The maximum absolute atomic E-state index is 12.5. The van der Waals surface area contributed by atoms with Crippen molar-refractivity contribution in [1.29, 1.82) is 5.26 Å². The third kappa shape index (κ3) is 5.98. The molecule has 26 heavy (non-hydrogen) atoms. The van der Waals surface area contributed by atoms with E-state index in [4.69, 9.17) is 5.26 Å². The maximum atomic E-state index is 12.5. The number of nitriles is 1. The molecular formula is C21H25N3O2. The minimum absolute atomic E-state index is 0.0218. The number of aromatic nitrogens is 1. The van der Waals surface area contributed by atoms with Crippen molar-refractivity contribution in [3.8, 4) is 17.3 Å². The summed E-state index contributed by atoms with van der Waals surface area (Å²) in [5.74, 6) is -0.140. The van der Waals surface area contributed by atoms with Gasteiger partial charge in [0.1, 0.15) is 0 Å². The van der Waals surface area contributed by atoms with Crippen LogP contribution in [0.25, 0.3) is 11.3 Å². The Morgan fingerprint density at radius 3 is 2.81 bits per heavy atom. The molecule has 2 N–H and O–H groups in total. The number of nitrogens with one attached hydrogen (secondary N) is 1. The molecule has 0 bridgehead atoms. The molecule has 1 heterocycles. The van der Waals surface area contributed by atoms with Gasteiger partial charge in [0.05, 0.1) is 22.9 Å². The number of pyridine rings is 1. The average Bonchev–Trinajstić information content (AvgIpc) is 2.60. The van der Waals surface area contributed by atoms with Crippen molar-refractivity contribution in [3.05, 3.63) is 53.7 Å². The molecule has 1 unspecified atom stereocenters. The zero-order valence-electron chi connectivity index (χ0n) is 15.5. The van der Waals surface area contributed by atoms with E-state index in [0.29, 0.717) is 23.2 Å². The molecule has 0 saturated carbocycles. The Morgan fingerprint density at radius 2 is 2.12 bits per heavy atom. The SMILES string of the molecule is CC(CCCC(C)(C)O)NC(=O)c1cccc(-c2cc(C#N)ccn2)c1. The van der Waals surface area contributed by atoms with Gasteiger partial charge in [0, 0.05) is 23.4 Å². The largest absolute Gasteiger partial charge is 0.390 e. The molecule has 0 aliphatic heterocycles. The molecule has 0 aliphatic carbocycles. The molecule has 1 aromatic heterocycles. The van der Waals surface area contributed by atoms with Gasteiger partial charge in [-0.2, -0.15) is 5.26 Å². The quantitative estimate of drug-likeness (QED) is 0.797. The van der Waals surface area contributed by atoms with Crippen LogP contribution in [0.1, 0.15) is 56.0 Å². The predicted molar refractivity (Wildman–Crippen MR) is 101 cm³/mol. The van der Waals surface area contributed by atoms with Crippen LogP contribution in [0.15, 0.2) is 42.6 Å². The van der Waals surface area contributed by atoms with Gasteiger partial charge < -0.3 is 10.4 Å². The molecule has 0 aliphatic rings. The molecule has 5 nitrogen and oxygen atoms in total. The van der Waals surface area contributed by atoms with Gasteiger partial charge in [-0.15, -0.1) is 0 Å². The van der Waals surface area contributed by atoms with Gasteiger partial charge in [-0.05, 0) is 64.3 Å². The first-order valence-electron chi connectivity index (χ1n) is 8.78. The number of rotatable bonds is 7. The van der Waals surface area contributed by atoms with E-state index in [1.807, 2.05) is 19.1 Å². The van der Waals surface area contributed by atoms with Crippen LogP contribution in [0.3, 0.4) is 0 Å². The van der Waals surface area contributed by atoms with Gasteiger partial charge in [-0.1, -0.05) is 12.1 Å². The molecule has 0 spiro atoms. The number of amides is 1. The van der Waals surface area contributed by atoms with E-state index < -0.39 is 5.60 Å². The van der Waals surface area contributed by atoms with Gasteiger partial charge in [0.25, 0.3) is 5.91 Å². The highest BCUT2D eigenvalue weighted by molar-refractivity contribution is 5.95. The van der Waals surface area contributed by atoms with Gasteiger partial charge in [0.2, 0.25) is 0 Å². The Balaban J connectivity index is 2.02. The highest BCUT2D eigenvalue weighted by Gasteiger charge is 2.15. The smallest absolute Gasteiger partial charge is 0.251 e. The van der Waals surface area contributed by atoms with Crippen molar-refractivity contribution in [1.82, 2.24) is 10.3 Å². The summed E-state index contributed by atoms with van der Waals surface area (Å²) in [6, 6.07) is 12.7. The topological polar surface area (TPSA) is 86.0 Å². The fraction of sp³-hybridized carbons (Fsp3) is 0.381. The third-order valence-electron chi connectivity index (χ3n) is 4.11. The number of aliphatic hydroxyl groups is 1. The number of nitrogens with zero attached hydrogens (tertiary/aromatic N) is 2. The van der Waals surface area contributed by atoms with Gasteiger partial charge in [0.15, 0.2) is 0 Å². The molecule has 0 radical (unpaired) electrons. The Hall–Kier alpha value is -2.71. The summed E-state index contributed by atoms with van der Waals surface area (Å²) in [5, 5.41) is 21.8. The van der Waals surface area contributed by atoms with E-state index in [-0.39, 0.29) is 11.9 Å². The lowest BCUT2D eigenvalue weighted by Gasteiger charge is -2.19. The number of carbonyl (C=O) groups excluding carboxylic acids is 1. The van der Waals surface area contributed by atoms with Gasteiger partial charge >= 0.3 is 0 Å². The first-order chi connectivity index (χ1) is 12.3. The standard InChI is InChI=1S/C21H25N3O2/c1-15(6-5-10-21(2,3)26)24-20(25)18-8-4-7-17(13-18)19-12-16(14-22)9-11-23-19/h4,7-9,11-13,15,26H,5-6,10H2,1-3H3,(H,24,25). The van der Waals surface area contributed by atoms with Crippen molar-refractivity contribution in [2.75, 3.05) is 0 Å². The zero-order chi connectivity index (χ0) is 19.2. The van der Waals surface area contributed by atoms with Crippen LogP contribution in [0, 0.1) is 11.3 Å². The first-order valence-corrected chi connectivity index (χ1v) is 8.78. The lowest BCUT2D eigenvalue weighted by atomic mass is 9.99. The van der Waals surface area contributed by atoms with Gasteiger partial charge in [-0.25, -0.2) is 0 Å². The van der Waals surface area contributed by atoms with E-state index >= 15 is 0 Å². The number of hydrogen-bond acceptors (Lipinski definition) is 4. The van der Waals surface area contributed by atoms with Gasteiger partial charge in [-0.3, -0.25) is 9.78 Å². The molecule has 2 rings (SSSR count). The summed E-state index contributed by atoms with van der Waals surface area (Å²) in [6.45, 7) is 5.54. The summed E-state index contributed by atoms with van der Waals surface area (Å²) in [4.78, 5) is 16.8. The van der Waals surface area contributed by atoms with E-state index in [0.717, 1.165) is 18.4 Å². The Labute approximate surface area is 154 Å². The predicted octanol–water partition coefficient (Wildman–Crippen LogP) is 3.68. The van der Waals surface area contributed by atoms with Crippen molar-refractivity contribution < 1.29 is 9.90 Å². The molecule has 2 aromatic rings. The number of carbonyl (C=O) groups is 1. The Morgan fingerprint density at radius 1 is 1.35 bits per heavy atom. The molecule has 1 aromatic carbocycles. The second-order valence-electron chi connectivity index (χ2n) is 7.20. The normalized spacial score (nSPS) is 12.3. The van der Waals surface area contributed by atoms with Crippen LogP contribution in [0.5, 0.6) is 0 Å². The number of benzene rings is 1.